The maximum atomic E-state index is 12.4. The zero-order valence-corrected chi connectivity index (χ0v) is 14.0. The van der Waals surface area contributed by atoms with Gasteiger partial charge in [0.15, 0.2) is 0 Å². The lowest BCUT2D eigenvalue weighted by Gasteiger charge is -2.14. The van der Waals surface area contributed by atoms with Crippen LogP contribution in [0.2, 0.25) is 0 Å². The summed E-state index contributed by atoms with van der Waals surface area (Å²) >= 11 is 0. The summed E-state index contributed by atoms with van der Waals surface area (Å²) in [6, 6.07) is 3.99. The van der Waals surface area contributed by atoms with Gasteiger partial charge in [-0.2, -0.15) is 0 Å². The number of carbonyl (C=O) groups excluding carboxylic acids is 3. The maximum Gasteiger partial charge on any atom is 0.296 e. The van der Waals surface area contributed by atoms with Gasteiger partial charge in [-0.1, -0.05) is 12.2 Å². The standard InChI is InChI=1S/C17H17N3O6/c1-26-10-6-7-13(14(8-10)20(24)25)18-15(21)9-19-16(22)11-4-2-3-5-12(11)17(19)23/h2-3,6-8,11-12H,4-5,9H2,1H3,(H,18,21)/t11-,12-/m1/s1. The molecule has 3 amide bonds. The number of methoxy groups -OCH3 is 1. The lowest BCUT2D eigenvalue weighted by atomic mass is 9.85. The van der Waals surface area contributed by atoms with E-state index in [9.17, 15) is 24.5 Å². The number of ether oxygens (including phenoxy) is 1. The highest BCUT2D eigenvalue weighted by molar-refractivity contribution is 6.09. The minimum atomic E-state index is -0.674. The fourth-order valence-corrected chi connectivity index (χ4v) is 3.25. The maximum absolute atomic E-state index is 12.4. The van der Waals surface area contributed by atoms with E-state index in [-0.39, 0.29) is 28.9 Å². The van der Waals surface area contributed by atoms with Gasteiger partial charge in [0, 0.05) is 0 Å². The molecule has 0 radical (unpaired) electrons. The van der Waals surface area contributed by atoms with Crippen molar-refractivity contribution in [1.29, 1.82) is 0 Å². The lowest BCUT2D eigenvalue weighted by Crippen LogP contribution is -2.38. The number of allylic oxidation sites excluding steroid dienone is 2. The van der Waals surface area contributed by atoms with E-state index in [1.54, 1.807) is 0 Å². The number of fused-ring (bicyclic) bond motifs is 1. The molecule has 0 unspecified atom stereocenters. The Labute approximate surface area is 148 Å². The summed E-state index contributed by atoms with van der Waals surface area (Å²) in [5.74, 6) is -1.98. The third kappa shape index (κ3) is 3.15. The van der Waals surface area contributed by atoms with Gasteiger partial charge in [0.25, 0.3) is 5.69 Å². The number of imide groups is 1. The van der Waals surface area contributed by atoms with Gasteiger partial charge >= 0.3 is 0 Å². The van der Waals surface area contributed by atoms with Gasteiger partial charge in [0.2, 0.25) is 17.7 Å². The second-order valence-corrected chi connectivity index (χ2v) is 6.11. The Hall–Kier alpha value is -3.23. The van der Waals surface area contributed by atoms with Gasteiger partial charge < -0.3 is 10.1 Å². The topological polar surface area (TPSA) is 119 Å². The van der Waals surface area contributed by atoms with Crippen molar-refractivity contribution < 1.29 is 24.0 Å². The molecule has 26 heavy (non-hydrogen) atoms. The zero-order valence-electron chi connectivity index (χ0n) is 14.0. The smallest absolute Gasteiger partial charge is 0.296 e. The molecule has 9 heteroatoms. The number of benzene rings is 1. The van der Waals surface area contributed by atoms with Gasteiger partial charge in [-0.15, -0.1) is 0 Å². The van der Waals surface area contributed by atoms with Crippen molar-refractivity contribution in [3.05, 3.63) is 40.5 Å². The quantitative estimate of drug-likeness (QED) is 0.368. The summed E-state index contributed by atoms with van der Waals surface area (Å²) in [6.45, 7) is -0.464. The van der Waals surface area contributed by atoms with Gasteiger partial charge in [0.1, 0.15) is 18.0 Å². The fraction of sp³-hybridized carbons (Fsp3) is 0.353. The molecule has 0 bridgehead atoms. The van der Waals surface area contributed by atoms with E-state index in [1.165, 1.54) is 25.3 Å². The highest BCUT2D eigenvalue weighted by atomic mass is 16.6. The van der Waals surface area contributed by atoms with E-state index in [0.717, 1.165) is 4.90 Å². The molecular formula is C17H17N3O6. The van der Waals surface area contributed by atoms with E-state index in [0.29, 0.717) is 12.8 Å². The molecule has 136 valence electrons. The summed E-state index contributed by atoms with van der Waals surface area (Å²) in [5.41, 5.74) is -0.367. The van der Waals surface area contributed by atoms with Crippen LogP contribution in [0.4, 0.5) is 11.4 Å². The van der Waals surface area contributed by atoms with Crippen molar-refractivity contribution in [3.63, 3.8) is 0 Å². The van der Waals surface area contributed by atoms with Crippen molar-refractivity contribution in [2.24, 2.45) is 11.8 Å². The van der Waals surface area contributed by atoms with Crippen LogP contribution >= 0.6 is 0 Å². The molecule has 9 nitrogen and oxygen atoms in total. The van der Waals surface area contributed by atoms with E-state index < -0.39 is 29.2 Å². The Morgan fingerprint density at radius 3 is 2.42 bits per heavy atom. The number of amides is 3. The molecule has 1 aromatic rings. The molecule has 0 saturated carbocycles. The molecule has 0 spiro atoms. The first kappa shape index (κ1) is 17.6. The third-order valence-electron chi connectivity index (χ3n) is 4.58. The number of carbonyl (C=O) groups is 3. The molecule has 1 aromatic carbocycles. The molecule has 0 aromatic heterocycles. The number of hydrogen-bond acceptors (Lipinski definition) is 6. The number of nitrogens with zero attached hydrogens (tertiary/aromatic N) is 2. The van der Waals surface area contributed by atoms with Crippen LogP contribution < -0.4 is 10.1 Å². The van der Waals surface area contributed by atoms with Crippen LogP contribution in [0.1, 0.15) is 12.8 Å². The van der Waals surface area contributed by atoms with E-state index in [1.807, 2.05) is 12.2 Å². The second-order valence-electron chi connectivity index (χ2n) is 6.11. The SMILES string of the molecule is COc1ccc(NC(=O)CN2C(=O)[C@@H]3CC=CC[C@H]3C2=O)c([N+](=O)[O-])c1. The molecule has 1 fully saturated rings. The minimum absolute atomic E-state index is 0.0287. The van der Waals surface area contributed by atoms with Gasteiger partial charge in [-0.05, 0) is 25.0 Å². The van der Waals surface area contributed by atoms with Gasteiger partial charge in [-0.3, -0.25) is 29.4 Å². The molecule has 1 heterocycles. The Balaban J connectivity index is 1.73. The largest absolute Gasteiger partial charge is 0.496 e. The Morgan fingerprint density at radius 2 is 1.88 bits per heavy atom. The Morgan fingerprint density at radius 1 is 1.27 bits per heavy atom. The van der Waals surface area contributed by atoms with Crippen LogP contribution in [0.15, 0.2) is 30.4 Å². The highest BCUT2D eigenvalue weighted by Crippen LogP contribution is 2.35. The normalized spacial score (nSPS) is 21.5. The number of nitrogens with one attached hydrogen (secondary N) is 1. The summed E-state index contributed by atoms with van der Waals surface area (Å²) in [6.07, 6.45) is 4.68. The third-order valence-corrected chi connectivity index (χ3v) is 4.58. The van der Waals surface area contributed by atoms with Crippen LogP contribution in [0, 0.1) is 22.0 Å². The van der Waals surface area contributed by atoms with Crippen LogP contribution in [-0.2, 0) is 14.4 Å². The second kappa shape index (κ2) is 6.95. The molecule has 3 rings (SSSR count). The monoisotopic (exact) mass is 359 g/mol. The first-order valence-corrected chi connectivity index (χ1v) is 8.05. The van der Waals surface area contributed by atoms with Crippen molar-refractivity contribution in [3.8, 4) is 5.75 Å². The number of nitro benzene ring substituents is 1. The number of rotatable bonds is 5. The summed E-state index contributed by atoms with van der Waals surface area (Å²) in [5, 5.41) is 13.6. The van der Waals surface area contributed by atoms with Gasteiger partial charge in [0.05, 0.1) is 29.9 Å². The first-order valence-electron chi connectivity index (χ1n) is 8.05. The van der Waals surface area contributed by atoms with Crippen LogP contribution in [0.5, 0.6) is 5.75 Å². The number of hydrogen-bond donors (Lipinski definition) is 1. The van der Waals surface area contributed by atoms with E-state index in [4.69, 9.17) is 4.74 Å². The molecule has 1 aliphatic carbocycles. The average Bonchev–Trinajstić information content (AvgIpc) is 2.87. The van der Waals surface area contributed by atoms with Gasteiger partial charge in [-0.25, -0.2) is 0 Å². The van der Waals surface area contributed by atoms with E-state index >= 15 is 0 Å². The van der Waals surface area contributed by atoms with Crippen LogP contribution in [0.25, 0.3) is 0 Å². The van der Waals surface area contributed by atoms with Crippen molar-refractivity contribution in [2.75, 3.05) is 19.0 Å². The van der Waals surface area contributed by atoms with Crippen molar-refractivity contribution in [1.82, 2.24) is 4.90 Å². The number of likely N-dealkylation sites (tertiary alicyclic amines) is 1. The summed E-state index contributed by atoms with van der Waals surface area (Å²) < 4.78 is 4.93. The van der Waals surface area contributed by atoms with E-state index in [2.05, 4.69) is 5.32 Å². The predicted octanol–water partition coefficient (Wildman–Crippen LogP) is 1.49. The minimum Gasteiger partial charge on any atom is -0.496 e. The molecule has 1 N–H and O–H groups in total. The highest BCUT2D eigenvalue weighted by Gasteiger charge is 2.47. The first-order chi connectivity index (χ1) is 12.4. The summed E-state index contributed by atoms with van der Waals surface area (Å²) in [7, 11) is 1.37. The molecule has 1 aliphatic heterocycles. The van der Waals surface area contributed by atoms with Crippen LogP contribution in [0.3, 0.4) is 0 Å². The number of nitro groups is 1. The Kier molecular flexibility index (Phi) is 4.70. The number of anilines is 1. The molecule has 2 aliphatic rings. The Bertz CT molecular complexity index is 793. The molecular weight excluding hydrogens is 342 g/mol. The summed E-state index contributed by atoms with van der Waals surface area (Å²) in [4.78, 5) is 48.4. The molecule has 1 saturated heterocycles. The fourth-order valence-electron chi connectivity index (χ4n) is 3.25. The predicted molar refractivity (Wildman–Crippen MR) is 90.4 cm³/mol. The van der Waals surface area contributed by atoms with Crippen LogP contribution in [-0.4, -0.2) is 41.2 Å². The average molecular weight is 359 g/mol. The molecule has 2 atom stereocenters. The van der Waals surface area contributed by atoms with Crippen molar-refractivity contribution >= 4 is 29.1 Å². The van der Waals surface area contributed by atoms with Crippen molar-refractivity contribution in [2.45, 2.75) is 12.8 Å². The lowest BCUT2D eigenvalue weighted by molar-refractivity contribution is -0.384. The zero-order chi connectivity index (χ0) is 18.8.